The lowest BCUT2D eigenvalue weighted by atomic mass is 10.0. The van der Waals surface area contributed by atoms with Gasteiger partial charge in [0.2, 0.25) is 0 Å². The van der Waals surface area contributed by atoms with E-state index >= 15 is 0 Å². The fraction of sp³-hybridized carbons (Fsp3) is 0.412. The lowest BCUT2D eigenvalue weighted by Crippen LogP contribution is -2.36. The van der Waals surface area contributed by atoms with E-state index in [-0.39, 0.29) is 0 Å². The molecule has 4 nitrogen and oxygen atoms in total. The maximum Gasteiger partial charge on any atom is 0.260 e. The SMILES string of the molecule is CC1CCCCN1Cc1cnc(NC(=O)c2ccc(F)c(F)c2F)s1. The quantitative estimate of drug-likeness (QED) is 0.822. The molecule has 3 rings (SSSR count). The summed E-state index contributed by atoms with van der Waals surface area (Å²) in [5.74, 6) is -5.35. The Morgan fingerprint density at radius 2 is 2.12 bits per heavy atom. The minimum absolute atomic E-state index is 0.300. The van der Waals surface area contributed by atoms with Gasteiger partial charge in [-0.05, 0) is 38.4 Å². The molecule has 1 saturated heterocycles. The van der Waals surface area contributed by atoms with Crippen LogP contribution < -0.4 is 5.32 Å². The Hall–Kier alpha value is -1.93. The van der Waals surface area contributed by atoms with Crippen LogP contribution in [0.5, 0.6) is 0 Å². The van der Waals surface area contributed by atoms with Crippen LogP contribution in [0, 0.1) is 17.5 Å². The van der Waals surface area contributed by atoms with Crippen LogP contribution in [0.25, 0.3) is 0 Å². The van der Waals surface area contributed by atoms with Crippen molar-refractivity contribution in [1.82, 2.24) is 9.88 Å². The van der Waals surface area contributed by atoms with Gasteiger partial charge in [-0.3, -0.25) is 15.0 Å². The molecule has 1 atom stereocenters. The molecule has 0 radical (unpaired) electrons. The number of nitrogens with zero attached hydrogens (tertiary/aromatic N) is 2. The first-order chi connectivity index (χ1) is 12.0. The number of carbonyl (C=O) groups is 1. The van der Waals surface area contributed by atoms with Crippen LogP contribution in [-0.2, 0) is 6.54 Å². The van der Waals surface area contributed by atoms with Crippen LogP contribution in [0.2, 0.25) is 0 Å². The molecule has 2 heterocycles. The van der Waals surface area contributed by atoms with Crippen molar-refractivity contribution in [3.63, 3.8) is 0 Å². The van der Waals surface area contributed by atoms with E-state index in [1.165, 1.54) is 24.2 Å². The Balaban J connectivity index is 1.67. The summed E-state index contributed by atoms with van der Waals surface area (Å²) >= 11 is 1.29. The number of anilines is 1. The molecule has 1 N–H and O–H groups in total. The molecular weight excluding hydrogens is 351 g/mol. The van der Waals surface area contributed by atoms with Gasteiger partial charge in [0.05, 0.1) is 5.56 Å². The Kier molecular flexibility index (Phi) is 5.39. The number of hydrogen-bond donors (Lipinski definition) is 1. The number of hydrogen-bond acceptors (Lipinski definition) is 4. The first kappa shape index (κ1) is 17.9. The molecule has 0 bridgehead atoms. The molecule has 1 fully saturated rings. The van der Waals surface area contributed by atoms with Crippen LogP contribution in [0.15, 0.2) is 18.3 Å². The van der Waals surface area contributed by atoms with Crippen molar-refractivity contribution in [2.45, 2.75) is 38.8 Å². The second-order valence-corrected chi connectivity index (χ2v) is 7.24. The smallest absolute Gasteiger partial charge is 0.260 e. The summed E-state index contributed by atoms with van der Waals surface area (Å²) < 4.78 is 39.9. The van der Waals surface area contributed by atoms with E-state index in [1.807, 2.05) is 0 Å². The summed E-state index contributed by atoms with van der Waals surface area (Å²) in [6, 6.07) is 2.14. The van der Waals surface area contributed by atoms with Crippen LogP contribution in [-0.4, -0.2) is 28.4 Å². The largest absolute Gasteiger partial charge is 0.298 e. The first-order valence-corrected chi connectivity index (χ1v) is 8.91. The molecule has 1 aromatic carbocycles. The maximum atomic E-state index is 13.7. The van der Waals surface area contributed by atoms with Crippen LogP contribution >= 0.6 is 11.3 Å². The fourth-order valence-electron chi connectivity index (χ4n) is 2.90. The number of likely N-dealkylation sites (tertiary alicyclic amines) is 1. The van der Waals surface area contributed by atoms with E-state index in [1.54, 1.807) is 6.20 Å². The highest BCUT2D eigenvalue weighted by Crippen LogP contribution is 2.25. The van der Waals surface area contributed by atoms with Gasteiger partial charge in [-0.2, -0.15) is 0 Å². The molecule has 0 spiro atoms. The van der Waals surface area contributed by atoms with Gasteiger partial charge in [0.15, 0.2) is 22.6 Å². The third kappa shape index (κ3) is 4.01. The van der Waals surface area contributed by atoms with Crippen molar-refractivity contribution >= 4 is 22.4 Å². The molecule has 1 aliphatic rings. The number of carbonyl (C=O) groups excluding carboxylic acids is 1. The molecule has 8 heteroatoms. The number of aromatic nitrogens is 1. The number of amides is 1. The first-order valence-electron chi connectivity index (χ1n) is 8.09. The summed E-state index contributed by atoms with van der Waals surface area (Å²) in [5.41, 5.74) is -0.555. The van der Waals surface area contributed by atoms with Gasteiger partial charge in [-0.15, -0.1) is 11.3 Å². The van der Waals surface area contributed by atoms with Gasteiger partial charge < -0.3 is 0 Å². The second kappa shape index (κ2) is 7.53. The standard InChI is InChI=1S/C17H18F3N3OS/c1-10-4-2-3-7-23(10)9-11-8-21-17(25-11)22-16(24)12-5-6-13(18)15(20)14(12)19/h5-6,8,10H,2-4,7,9H2,1H3,(H,21,22,24). The molecule has 2 aromatic rings. The number of halogens is 3. The van der Waals surface area contributed by atoms with E-state index < -0.39 is 28.9 Å². The predicted molar refractivity (Wildman–Crippen MR) is 90.1 cm³/mol. The highest BCUT2D eigenvalue weighted by atomic mass is 32.1. The summed E-state index contributed by atoms with van der Waals surface area (Å²) in [6.45, 7) is 3.96. The molecule has 1 amide bonds. The lowest BCUT2D eigenvalue weighted by molar-refractivity contribution is 0.102. The van der Waals surface area contributed by atoms with E-state index in [0.29, 0.717) is 11.2 Å². The average Bonchev–Trinajstić information content (AvgIpc) is 3.02. The highest BCUT2D eigenvalue weighted by molar-refractivity contribution is 7.15. The van der Waals surface area contributed by atoms with Gasteiger partial charge in [0.25, 0.3) is 5.91 Å². The van der Waals surface area contributed by atoms with Crippen molar-refractivity contribution in [2.24, 2.45) is 0 Å². The third-order valence-corrected chi connectivity index (χ3v) is 5.25. The molecular formula is C17H18F3N3OS. The normalized spacial score (nSPS) is 18.3. The number of nitrogens with one attached hydrogen (secondary N) is 1. The fourth-order valence-corrected chi connectivity index (χ4v) is 3.73. The van der Waals surface area contributed by atoms with Gasteiger partial charge >= 0.3 is 0 Å². The number of thiazole rings is 1. The van der Waals surface area contributed by atoms with Crippen molar-refractivity contribution < 1.29 is 18.0 Å². The Bertz CT molecular complexity index is 780. The summed E-state index contributed by atoms with van der Waals surface area (Å²) in [4.78, 5) is 19.5. The van der Waals surface area contributed by atoms with E-state index in [0.717, 1.165) is 36.5 Å². The molecule has 0 aliphatic carbocycles. The van der Waals surface area contributed by atoms with Gasteiger partial charge in [0, 0.05) is 23.7 Å². The number of benzene rings is 1. The Morgan fingerprint density at radius 1 is 1.32 bits per heavy atom. The Labute approximate surface area is 147 Å². The third-order valence-electron chi connectivity index (χ3n) is 4.35. The lowest BCUT2D eigenvalue weighted by Gasteiger charge is -2.32. The summed E-state index contributed by atoms with van der Waals surface area (Å²) in [6.07, 6.45) is 5.24. The van der Waals surface area contributed by atoms with E-state index in [4.69, 9.17) is 0 Å². The van der Waals surface area contributed by atoms with E-state index in [2.05, 4.69) is 22.1 Å². The number of rotatable bonds is 4. The predicted octanol–water partition coefficient (Wildman–Crippen LogP) is 4.19. The summed E-state index contributed by atoms with van der Waals surface area (Å²) in [5, 5.41) is 2.74. The molecule has 1 aliphatic heterocycles. The zero-order chi connectivity index (χ0) is 18.0. The zero-order valence-corrected chi connectivity index (χ0v) is 14.5. The maximum absolute atomic E-state index is 13.7. The monoisotopic (exact) mass is 369 g/mol. The molecule has 134 valence electrons. The van der Waals surface area contributed by atoms with Crippen molar-refractivity contribution in [2.75, 3.05) is 11.9 Å². The van der Waals surface area contributed by atoms with Gasteiger partial charge in [-0.1, -0.05) is 6.42 Å². The van der Waals surface area contributed by atoms with Gasteiger partial charge in [-0.25, -0.2) is 18.2 Å². The van der Waals surface area contributed by atoms with Crippen LogP contribution in [0.4, 0.5) is 18.3 Å². The van der Waals surface area contributed by atoms with Crippen molar-refractivity contribution in [1.29, 1.82) is 0 Å². The number of piperidine rings is 1. The summed E-state index contributed by atoms with van der Waals surface area (Å²) in [7, 11) is 0. The minimum Gasteiger partial charge on any atom is -0.298 e. The molecule has 0 saturated carbocycles. The van der Waals surface area contributed by atoms with Crippen LogP contribution in [0.1, 0.15) is 41.4 Å². The highest BCUT2D eigenvalue weighted by Gasteiger charge is 2.21. The van der Waals surface area contributed by atoms with Gasteiger partial charge in [0.1, 0.15) is 0 Å². The molecule has 25 heavy (non-hydrogen) atoms. The molecule has 1 unspecified atom stereocenters. The van der Waals surface area contributed by atoms with E-state index in [9.17, 15) is 18.0 Å². The average molecular weight is 369 g/mol. The van der Waals surface area contributed by atoms with Crippen molar-refractivity contribution in [3.8, 4) is 0 Å². The second-order valence-electron chi connectivity index (χ2n) is 6.12. The van der Waals surface area contributed by atoms with Crippen molar-refractivity contribution in [3.05, 3.63) is 46.2 Å². The Morgan fingerprint density at radius 3 is 2.88 bits per heavy atom. The molecule has 1 aromatic heterocycles. The topological polar surface area (TPSA) is 45.2 Å². The zero-order valence-electron chi connectivity index (χ0n) is 13.7. The minimum atomic E-state index is -1.66. The van der Waals surface area contributed by atoms with Crippen LogP contribution in [0.3, 0.4) is 0 Å².